The fourth-order valence-electron chi connectivity index (χ4n) is 7.16. The van der Waals surface area contributed by atoms with E-state index in [0.717, 1.165) is 6.92 Å². The molecule has 1 fully saturated rings. The van der Waals surface area contributed by atoms with Crippen LogP contribution in [0.2, 0.25) is 0 Å². The molecule has 6 N–H and O–H groups in total. The van der Waals surface area contributed by atoms with E-state index in [-0.39, 0.29) is 11.1 Å². The molecule has 39 heavy (non-hydrogen) atoms. The molecule has 0 aromatic heterocycles. The first-order chi connectivity index (χ1) is 17.9. The second kappa shape index (κ2) is 8.97. The van der Waals surface area contributed by atoms with Crippen molar-refractivity contribution in [1.29, 1.82) is 0 Å². The molecule has 0 radical (unpaired) electrons. The van der Waals surface area contributed by atoms with E-state index >= 15 is 0 Å². The zero-order chi connectivity index (χ0) is 29.5. The van der Waals surface area contributed by atoms with Crippen LogP contribution in [-0.2, 0) is 19.1 Å². The number of Topliss-reactive ketones (excluding diaryl/α,β-unsaturated/α-hetero) is 3. The average Bonchev–Trinajstić information content (AvgIpc) is 2.81. The highest BCUT2D eigenvalue weighted by atomic mass is 16.5. The Labute approximate surface area is 224 Å². The first-order valence-electron chi connectivity index (χ1n) is 12.4. The third-order valence-electron chi connectivity index (χ3n) is 8.80. The number of rotatable bonds is 4. The number of carbonyl (C=O) groups is 5. The minimum Gasteiger partial charge on any atom is -0.508 e. The van der Waals surface area contributed by atoms with Crippen molar-refractivity contribution in [2.24, 2.45) is 23.0 Å². The number of phenols is 1. The molecule has 1 aromatic rings. The zero-order valence-electron chi connectivity index (χ0n) is 22.4. The molecule has 12 heteroatoms. The van der Waals surface area contributed by atoms with Gasteiger partial charge in [-0.15, -0.1) is 0 Å². The molecule has 0 spiro atoms. The van der Waals surface area contributed by atoms with Gasteiger partial charge in [-0.25, -0.2) is 0 Å². The van der Waals surface area contributed by atoms with Gasteiger partial charge in [0.15, 0.2) is 23.0 Å². The van der Waals surface area contributed by atoms with Crippen LogP contribution in [0.1, 0.15) is 59.9 Å². The second-order valence-electron chi connectivity index (χ2n) is 11.1. The molecule has 0 saturated heterocycles. The molecule has 1 aromatic carbocycles. The summed E-state index contributed by atoms with van der Waals surface area (Å²) in [6, 6.07) is 1.44. The molecule has 3 aliphatic rings. The lowest BCUT2D eigenvalue weighted by molar-refractivity contribution is -0.250. The fraction of sp³-hybridized carbons (Fsp3) is 0.519. The van der Waals surface area contributed by atoms with Gasteiger partial charge in [-0.05, 0) is 45.5 Å². The monoisotopic (exact) mass is 544 g/mol. The first kappa shape index (κ1) is 28.4. The van der Waals surface area contributed by atoms with Crippen molar-refractivity contribution < 1.29 is 49.1 Å². The number of nitrogens with zero attached hydrogens (tertiary/aromatic N) is 1. The number of ether oxygens (including phenoxy) is 1. The molecule has 2 unspecified atom stereocenters. The van der Waals surface area contributed by atoms with E-state index < -0.39 is 93.3 Å². The van der Waals surface area contributed by atoms with Crippen molar-refractivity contribution in [3.63, 3.8) is 0 Å². The van der Waals surface area contributed by atoms with Gasteiger partial charge in [0.2, 0.25) is 0 Å². The number of hydrogen-bond acceptors (Lipinski definition) is 11. The number of aliphatic hydroxyl groups excluding tert-OH is 2. The van der Waals surface area contributed by atoms with E-state index in [0.29, 0.717) is 5.56 Å². The Balaban J connectivity index is 2.12. The maximum absolute atomic E-state index is 14.2. The predicted octanol–water partition coefficient (Wildman–Crippen LogP) is -0.0191. The fourth-order valence-corrected chi connectivity index (χ4v) is 7.16. The normalized spacial score (nSPS) is 35.7. The molecule has 8 atom stereocenters. The maximum atomic E-state index is 14.2. The summed E-state index contributed by atoms with van der Waals surface area (Å²) in [6.07, 6.45) is -3.63. The number of carbonyl (C=O) groups excluding carboxylic acids is 5. The van der Waals surface area contributed by atoms with Crippen molar-refractivity contribution in [1.82, 2.24) is 4.90 Å². The highest BCUT2D eigenvalue weighted by Gasteiger charge is 2.75. The Morgan fingerprint density at radius 3 is 2.15 bits per heavy atom. The van der Waals surface area contributed by atoms with Crippen LogP contribution in [0.25, 0.3) is 0 Å². The summed E-state index contributed by atoms with van der Waals surface area (Å²) in [5.74, 6) is -9.74. The summed E-state index contributed by atoms with van der Waals surface area (Å²) in [6.45, 7) is 5.24. The highest BCUT2D eigenvalue weighted by molar-refractivity contribution is 6.22. The lowest BCUT2D eigenvalue weighted by atomic mass is 9.44. The SMILES string of the molecule is CC(=O)O[C@H]1[C@@H]2[C@@H](C)c3ccc(C(C)=O)c(O)c3C(=O)C2(C)C(O)[C@]2(O)C(O)=C(C(N)=O)C(=O)[C@@H](N(C)C)[C@H]12. The number of phenolic OH excluding ortho intramolecular Hbond substituents is 1. The van der Waals surface area contributed by atoms with Crippen LogP contribution in [0.4, 0.5) is 0 Å². The van der Waals surface area contributed by atoms with Crippen LogP contribution in [0, 0.1) is 17.3 Å². The van der Waals surface area contributed by atoms with Crippen LogP contribution in [0.3, 0.4) is 0 Å². The van der Waals surface area contributed by atoms with Crippen molar-refractivity contribution in [2.45, 2.75) is 57.5 Å². The summed E-state index contributed by atoms with van der Waals surface area (Å²) in [5, 5.41) is 46.2. The van der Waals surface area contributed by atoms with Gasteiger partial charge in [0, 0.05) is 12.8 Å². The number of nitrogens with two attached hydrogens (primary N) is 1. The number of aliphatic hydroxyl groups is 3. The van der Waals surface area contributed by atoms with E-state index in [1.165, 1.54) is 45.0 Å². The Hall–Kier alpha value is -3.61. The third kappa shape index (κ3) is 3.51. The van der Waals surface area contributed by atoms with Gasteiger partial charge in [0.05, 0.1) is 28.5 Å². The Morgan fingerprint density at radius 1 is 1.08 bits per heavy atom. The summed E-state index contributed by atoms with van der Waals surface area (Å²) in [4.78, 5) is 65.8. The van der Waals surface area contributed by atoms with E-state index in [2.05, 4.69) is 0 Å². The van der Waals surface area contributed by atoms with Gasteiger partial charge in [-0.3, -0.25) is 28.9 Å². The summed E-state index contributed by atoms with van der Waals surface area (Å²) in [7, 11) is 2.92. The summed E-state index contributed by atoms with van der Waals surface area (Å²) >= 11 is 0. The zero-order valence-corrected chi connectivity index (χ0v) is 22.4. The Morgan fingerprint density at radius 2 is 1.67 bits per heavy atom. The number of likely N-dealkylation sites (N-methyl/N-ethyl adjacent to an activating group) is 1. The number of primary amides is 1. The van der Waals surface area contributed by atoms with Gasteiger partial charge < -0.3 is 30.9 Å². The van der Waals surface area contributed by atoms with Crippen molar-refractivity contribution >= 4 is 29.2 Å². The van der Waals surface area contributed by atoms with Crippen LogP contribution < -0.4 is 5.73 Å². The number of ketones is 3. The van der Waals surface area contributed by atoms with Gasteiger partial charge in [-0.1, -0.05) is 13.0 Å². The molecule has 0 heterocycles. The standard InChI is InChI=1S/C27H32N2O10/c1-9-12-7-8-13(10(2)30)19(32)14(12)22(34)26(4)16(9)21(39-11(3)31)17-18(29(5)6)20(33)15(24(28)36)23(35)27(17,38)25(26)37/h7-9,16-18,21,25,32,35,37-38H,1-6H3,(H2,28,36)/t9-,16-,17+,18-,21-,25?,26?,27+/m0/s1. The van der Waals surface area contributed by atoms with Gasteiger partial charge in [-0.2, -0.15) is 0 Å². The lowest BCUT2D eigenvalue weighted by Crippen LogP contribution is -2.77. The predicted molar refractivity (Wildman–Crippen MR) is 134 cm³/mol. The molecular formula is C27H32N2O10. The summed E-state index contributed by atoms with van der Waals surface area (Å²) < 4.78 is 5.70. The van der Waals surface area contributed by atoms with Gasteiger partial charge in [0.25, 0.3) is 5.91 Å². The van der Waals surface area contributed by atoms with E-state index in [1.807, 2.05) is 0 Å². The van der Waals surface area contributed by atoms with Gasteiger partial charge >= 0.3 is 5.97 Å². The van der Waals surface area contributed by atoms with Crippen LogP contribution in [0.15, 0.2) is 23.5 Å². The van der Waals surface area contributed by atoms with Crippen LogP contribution in [0.5, 0.6) is 5.75 Å². The van der Waals surface area contributed by atoms with Gasteiger partial charge in [0.1, 0.15) is 29.3 Å². The number of esters is 1. The molecule has 0 bridgehead atoms. The van der Waals surface area contributed by atoms with Crippen LogP contribution >= 0.6 is 0 Å². The third-order valence-corrected chi connectivity index (χ3v) is 8.80. The molecule has 1 amide bonds. The minimum absolute atomic E-state index is 0.135. The number of amides is 1. The smallest absolute Gasteiger partial charge is 0.302 e. The highest BCUT2D eigenvalue weighted by Crippen LogP contribution is 2.62. The number of aromatic hydroxyl groups is 1. The maximum Gasteiger partial charge on any atom is 0.302 e. The Bertz CT molecular complexity index is 1370. The van der Waals surface area contributed by atoms with Crippen molar-refractivity contribution in [3.05, 3.63) is 40.2 Å². The first-order valence-corrected chi connectivity index (χ1v) is 12.4. The molecule has 3 aliphatic carbocycles. The van der Waals surface area contributed by atoms with Crippen LogP contribution in [-0.4, -0.2) is 92.5 Å². The molecular weight excluding hydrogens is 512 g/mol. The summed E-state index contributed by atoms with van der Waals surface area (Å²) in [5.41, 5.74) is -0.568. The quantitative estimate of drug-likeness (QED) is 0.193. The van der Waals surface area contributed by atoms with E-state index in [4.69, 9.17) is 10.5 Å². The van der Waals surface area contributed by atoms with E-state index in [1.54, 1.807) is 6.92 Å². The van der Waals surface area contributed by atoms with Crippen molar-refractivity contribution in [3.8, 4) is 5.75 Å². The molecule has 0 aliphatic heterocycles. The molecule has 12 nitrogen and oxygen atoms in total. The number of fused-ring (bicyclic) bond motifs is 3. The average molecular weight is 545 g/mol. The minimum atomic E-state index is -2.86. The lowest BCUT2D eigenvalue weighted by Gasteiger charge is -2.63. The molecule has 210 valence electrons. The molecule has 1 saturated carbocycles. The second-order valence-corrected chi connectivity index (χ2v) is 11.1. The molecule has 4 rings (SSSR count). The number of benzene rings is 1. The Kier molecular flexibility index (Phi) is 6.53. The largest absolute Gasteiger partial charge is 0.508 e. The van der Waals surface area contributed by atoms with E-state index in [9.17, 15) is 44.4 Å². The topological polar surface area (TPSA) is 205 Å². The number of hydrogen-bond donors (Lipinski definition) is 5. The van der Waals surface area contributed by atoms with Crippen molar-refractivity contribution in [2.75, 3.05) is 14.1 Å².